The number of carbonyl (C=O) groups is 1. The highest BCUT2D eigenvalue weighted by atomic mass is 32.3. The predicted molar refractivity (Wildman–Crippen MR) is 257 cm³/mol. The molecule has 4 unspecified atom stereocenters. The van der Waals surface area contributed by atoms with Crippen molar-refractivity contribution in [2.75, 3.05) is 79.0 Å². The molecular formula is C43H71N3O29S3+2. The quantitative estimate of drug-likeness (QED) is 0.0736. The highest BCUT2D eigenvalue weighted by Gasteiger charge is 2.48. The van der Waals surface area contributed by atoms with E-state index in [9.17, 15) is 55.9 Å². The minimum absolute atomic E-state index is 0.0352. The van der Waals surface area contributed by atoms with Gasteiger partial charge in [0, 0.05) is 24.6 Å². The smallest absolute Gasteiger partial charge is 0.400 e. The van der Waals surface area contributed by atoms with Crippen LogP contribution in [0.1, 0.15) is 30.6 Å². The van der Waals surface area contributed by atoms with Gasteiger partial charge >= 0.3 is 31.2 Å². The number of β-amino-alcohol motifs (C(OH)–C–C–N with tert-alkyl or cyclic N) is 1. The van der Waals surface area contributed by atoms with Gasteiger partial charge in [-0.15, -0.1) is 0 Å². The van der Waals surface area contributed by atoms with Gasteiger partial charge in [0.1, 0.15) is 99.3 Å². The van der Waals surface area contributed by atoms with Crippen molar-refractivity contribution in [2.45, 2.75) is 111 Å². The van der Waals surface area contributed by atoms with Gasteiger partial charge in [0.15, 0.2) is 12.6 Å². The van der Waals surface area contributed by atoms with E-state index in [0.717, 1.165) is 18.1 Å². The van der Waals surface area contributed by atoms with Crippen LogP contribution in [0.4, 0.5) is 0 Å². The number of quaternary nitrogens is 2. The van der Waals surface area contributed by atoms with Crippen LogP contribution in [0.5, 0.6) is 0 Å². The average molecular weight is 1190 g/mol. The van der Waals surface area contributed by atoms with Crippen molar-refractivity contribution in [3.05, 3.63) is 71.8 Å². The van der Waals surface area contributed by atoms with Crippen molar-refractivity contribution in [1.82, 2.24) is 5.32 Å². The van der Waals surface area contributed by atoms with E-state index < -0.39 is 148 Å². The van der Waals surface area contributed by atoms with Crippen LogP contribution in [0.15, 0.2) is 60.7 Å². The Morgan fingerprint density at radius 2 is 1.23 bits per heavy atom. The second kappa shape index (κ2) is 31.3. The summed E-state index contributed by atoms with van der Waals surface area (Å²) in [5.41, 5.74) is 1.60. The molecule has 32 nitrogen and oxygen atoms in total. The van der Waals surface area contributed by atoms with E-state index in [4.69, 9.17) is 67.7 Å². The first-order valence-electron chi connectivity index (χ1n) is 24.0. The first-order chi connectivity index (χ1) is 36.6. The van der Waals surface area contributed by atoms with Gasteiger partial charge in [-0.2, -0.15) is 25.3 Å². The number of likely N-dealkylation sites (tertiary alicyclic amines) is 2. The number of rotatable bonds is 15. The van der Waals surface area contributed by atoms with Crippen LogP contribution >= 0.6 is 0 Å². The fourth-order valence-electron chi connectivity index (χ4n) is 8.74. The first kappa shape index (κ1) is 67.3. The Morgan fingerprint density at radius 3 is 1.69 bits per heavy atom. The molecule has 6 fully saturated rings. The Balaban J connectivity index is 0.000000230. The molecule has 0 bridgehead atoms. The molecule has 6 aliphatic heterocycles. The number of carboxylic acids is 1. The lowest BCUT2D eigenvalue weighted by molar-refractivity contribution is -0.919. The van der Waals surface area contributed by atoms with Crippen LogP contribution in [0.25, 0.3) is 0 Å². The van der Waals surface area contributed by atoms with Crippen LogP contribution in [0.3, 0.4) is 0 Å². The summed E-state index contributed by atoms with van der Waals surface area (Å²) in [5, 5.41) is 113. The Kier molecular flexibility index (Phi) is 27.0. The summed E-state index contributed by atoms with van der Waals surface area (Å²) < 4.78 is 124. The molecule has 35 heteroatoms. The summed E-state index contributed by atoms with van der Waals surface area (Å²) in [7, 11) is -13.5. The number of ether oxygens (including phenoxy) is 4. The van der Waals surface area contributed by atoms with E-state index in [1.54, 1.807) is 24.3 Å². The number of benzene rings is 2. The summed E-state index contributed by atoms with van der Waals surface area (Å²) in [6, 6.07) is 16.7. The SMILES string of the molecule is CC(=O)O.O=S(=O)(O)O[C@@H](CO)[C@H](O)C[NH+]1C[C@@H](O)[C@H](O)[C@H]1CO.O=S(=O)(O)O[C@H]1COC(c2ccccc2)O[C@@H]1C[NH+]1C[C@@H](O)[C@H](O)[C@H]1CO.O=S1(=O)OC[C@H]2OC(c3ccccc3)OC[C@@H]2O1.OC[C@H]1NC[C@@H](O)[C@@H]1O. The van der Waals surface area contributed by atoms with Crippen molar-refractivity contribution in [1.29, 1.82) is 0 Å². The molecule has 2 aromatic carbocycles. The summed E-state index contributed by atoms with van der Waals surface area (Å²) in [5.74, 6) is -0.833. The Morgan fingerprint density at radius 1 is 0.718 bits per heavy atom. The monoisotopic (exact) mass is 1190 g/mol. The predicted octanol–water partition coefficient (Wildman–Crippen LogP) is -9.70. The largest absolute Gasteiger partial charge is 0.481 e. The van der Waals surface area contributed by atoms with Crippen molar-refractivity contribution in [2.24, 2.45) is 0 Å². The number of aliphatic hydroxyl groups is 11. The Bertz CT molecular complexity index is 2420. The van der Waals surface area contributed by atoms with Crippen molar-refractivity contribution in [3.63, 3.8) is 0 Å². The summed E-state index contributed by atoms with van der Waals surface area (Å²) in [6.45, 7) is -0.236. The molecule has 6 aliphatic rings. The Labute approximate surface area is 448 Å². The normalized spacial score (nSPS) is 35.1. The molecule has 0 saturated carbocycles. The topological polar surface area (TPSA) is 497 Å². The second-order valence-corrected chi connectivity index (χ2v) is 21.6. The molecule has 2 aromatic rings. The molecule has 17 N–H and O–H groups in total. The van der Waals surface area contributed by atoms with Gasteiger partial charge in [-0.1, -0.05) is 60.7 Å². The van der Waals surface area contributed by atoms with Crippen LogP contribution in [-0.4, -0.2) is 272 Å². The minimum atomic E-state index is -4.83. The highest BCUT2D eigenvalue weighted by molar-refractivity contribution is 7.82. The van der Waals surface area contributed by atoms with E-state index in [2.05, 4.69) is 17.9 Å². The lowest BCUT2D eigenvalue weighted by Gasteiger charge is -2.37. The Hall–Kier alpha value is -3.20. The molecule has 0 spiro atoms. The standard InChI is InChI=1S/C16H23NO9S.C11H12O6S.C9H19NO9S.C5H11NO3.C2H4O2/c18-8-11-15(20)12(19)6-17(11)7-13-14(26-27(21,22)23)9-24-16(25-13)10-4-2-1-3-5-10;12-18(13)15-7-9-10(17-18)6-14-11(16-9)8-4-2-1-3-5-8;11-3-5-9(15)7(14)2-10(5)1-6(13)8(4-12)19-20(16,17)18;7-2-3-5(9)4(8)1-6-3;1-2(3)4/h1-5,11-16,18-20H,6-9H2,(H,21,22,23);1-5,9-11H,6-7H2;5-9,11-15H,1-4H2,(H,16,17,18);3-9H,1-2H2;1H3,(H,3,4)/p+2/t11-,12-,13-,14+,15-,16?;9-,10+,11?;5-,6-,7-,8+,9-;3-,4-,5-;/m1111./s1. The third kappa shape index (κ3) is 21.3. The summed E-state index contributed by atoms with van der Waals surface area (Å²) in [4.78, 5) is 10.1. The molecule has 448 valence electrons. The maximum atomic E-state index is 11.2. The molecule has 0 aliphatic carbocycles. The van der Waals surface area contributed by atoms with Gasteiger partial charge in [-0.3, -0.25) is 13.9 Å². The zero-order valence-electron chi connectivity index (χ0n) is 41.7. The van der Waals surface area contributed by atoms with Crippen LogP contribution in [0, 0.1) is 0 Å². The van der Waals surface area contributed by atoms with Crippen LogP contribution < -0.4 is 15.1 Å². The average Bonchev–Trinajstić information content (AvgIpc) is 3.96. The molecule has 6 saturated heterocycles. The second-order valence-electron chi connectivity index (χ2n) is 18.3. The molecule has 19 atom stereocenters. The number of carboxylic acid groups (broad SMARTS) is 1. The molecule has 6 heterocycles. The molecule has 8 rings (SSSR count). The lowest BCUT2D eigenvalue weighted by Crippen LogP contribution is -3.16. The van der Waals surface area contributed by atoms with Gasteiger partial charge < -0.3 is 95.3 Å². The zero-order chi connectivity index (χ0) is 58.1. The maximum absolute atomic E-state index is 11.2. The van der Waals surface area contributed by atoms with Gasteiger partial charge in [-0.25, -0.2) is 16.7 Å². The van der Waals surface area contributed by atoms with Crippen LogP contribution in [-0.2, 0) is 71.7 Å². The first-order valence-corrected chi connectivity index (χ1v) is 28.0. The third-order valence-corrected chi connectivity index (χ3v) is 14.5. The van der Waals surface area contributed by atoms with Gasteiger partial charge in [0.05, 0.1) is 64.5 Å². The van der Waals surface area contributed by atoms with Crippen LogP contribution in [0.2, 0.25) is 0 Å². The number of aliphatic carboxylic acids is 1. The lowest BCUT2D eigenvalue weighted by atomic mass is 10.1. The molecule has 78 heavy (non-hydrogen) atoms. The van der Waals surface area contributed by atoms with E-state index in [1.165, 1.54) is 0 Å². The van der Waals surface area contributed by atoms with E-state index in [0.29, 0.717) is 16.3 Å². The van der Waals surface area contributed by atoms with Crippen molar-refractivity contribution in [3.8, 4) is 0 Å². The number of fused-ring (bicyclic) bond motifs is 1. The summed E-state index contributed by atoms with van der Waals surface area (Å²) in [6.07, 6.45) is -13.2. The molecule has 0 amide bonds. The number of nitrogens with one attached hydrogen (secondary N) is 3. The maximum Gasteiger partial charge on any atom is 0.400 e. The summed E-state index contributed by atoms with van der Waals surface area (Å²) >= 11 is 0. The van der Waals surface area contributed by atoms with E-state index in [-0.39, 0.29) is 65.3 Å². The minimum Gasteiger partial charge on any atom is -0.481 e. The van der Waals surface area contributed by atoms with Gasteiger partial charge in [0.25, 0.3) is 5.97 Å². The number of aliphatic hydroxyl groups excluding tert-OH is 11. The van der Waals surface area contributed by atoms with E-state index >= 15 is 0 Å². The molecular weight excluding hydrogens is 1120 g/mol. The molecule has 0 radical (unpaired) electrons. The third-order valence-electron chi connectivity index (χ3n) is 12.6. The highest BCUT2D eigenvalue weighted by Crippen LogP contribution is 2.31. The fourth-order valence-corrected chi connectivity index (χ4v) is 10.6. The van der Waals surface area contributed by atoms with Crippen molar-refractivity contribution < 1.29 is 146 Å². The number of hydrogen-bond donors (Lipinski definition) is 17. The zero-order valence-corrected chi connectivity index (χ0v) is 44.1. The van der Waals surface area contributed by atoms with Crippen molar-refractivity contribution >= 4 is 37.2 Å². The fraction of sp³-hybridized carbons (Fsp3) is 0.698. The van der Waals surface area contributed by atoms with Gasteiger partial charge in [0.2, 0.25) is 0 Å². The van der Waals surface area contributed by atoms with Gasteiger partial charge in [-0.05, 0) is 0 Å². The van der Waals surface area contributed by atoms with E-state index in [1.807, 2.05) is 36.4 Å². The number of hydrogen-bond acceptors (Lipinski definition) is 27. The molecule has 0 aromatic heterocycles.